The van der Waals surface area contributed by atoms with Gasteiger partial charge in [0.1, 0.15) is 5.69 Å². The van der Waals surface area contributed by atoms with Crippen molar-refractivity contribution < 1.29 is 4.79 Å². The van der Waals surface area contributed by atoms with Crippen LogP contribution in [0.25, 0.3) is 0 Å². The fourth-order valence-corrected chi connectivity index (χ4v) is 2.36. The second-order valence-corrected chi connectivity index (χ2v) is 5.40. The van der Waals surface area contributed by atoms with Crippen molar-refractivity contribution in [3.05, 3.63) is 51.5 Å². The standard InChI is InChI=1S/C14H16N2OS/c1-10-6-4-5-7-12(10)8-16(3)14(17)13-9-18-11(2)15-13/h4-7,9H,8H2,1-3H3. The van der Waals surface area contributed by atoms with Gasteiger partial charge in [0.05, 0.1) is 5.01 Å². The first-order valence-electron chi connectivity index (χ1n) is 5.80. The maximum atomic E-state index is 12.1. The van der Waals surface area contributed by atoms with Gasteiger partial charge in [0.25, 0.3) is 5.91 Å². The summed E-state index contributed by atoms with van der Waals surface area (Å²) >= 11 is 1.50. The number of aryl methyl sites for hydroxylation is 2. The molecule has 0 saturated carbocycles. The predicted octanol–water partition coefficient (Wildman–Crippen LogP) is 3.03. The lowest BCUT2D eigenvalue weighted by Gasteiger charge is -2.17. The van der Waals surface area contributed by atoms with Crippen molar-refractivity contribution >= 4 is 17.2 Å². The van der Waals surface area contributed by atoms with Crippen molar-refractivity contribution in [2.75, 3.05) is 7.05 Å². The second-order valence-electron chi connectivity index (χ2n) is 4.34. The molecule has 18 heavy (non-hydrogen) atoms. The zero-order valence-electron chi connectivity index (χ0n) is 10.8. The van der Waals surface area contributed by atoms with Crippen molar-refractivity contribution in [3.63, 3.8) is 0 Å². The lowest BCUT2D eigenvalue weighted by molar-refractivity contribution is 0.0780. The van der Waals surface area contributed by atoms with Crippen LogP contribution >= 0.6 is 11.3 Å². The molecule has 1 aromatic carbocycles. The van der Waals surface area contributed by atoms with Gasteiger partial charge in [0, 0.05) is 19.0 Å². The quantitative estimate of drug-likeness (QED) is 0.850. The summed E-state index contributed by atoms with van der Waals surface area (Å²) < 4.78 is 0. The van der Waals surface area contributed by atoms with Crippen molar-refractivity contribution in [3.8, 4) is 0 Å². The molecule has 94 valence electrons. The Morgan fingerprint density at radius 3 is 2.67 bits per heavy atom. The highest BCUT2D eigenvalue weighted by Crippen LogP contribution is 2.13. The largest absolute Gasteiger partial charge is 0.336 e. The molecule has 0 aliphatic rings. The van der Waals surface area contributed by atoms with Gasteiger partial charge in [0.15, 0.2) is 0 Å². The number of hydrogen-bond donors (Lipinski definition) is 0. The number of carbonyl (C=O) groups excluding carboxylic acids is 1. The first kappa shape index (κ1) is 12.8. The molecule has 2 aromatic rings. The molecule has 0 N–H and O–H groups in total. The molecule has 0 fully saturated rings. The fourth-order valence-electron chi connectivity index (χ4n) is 1.77. The summed E-state index contributed by atoms with van der Waals surface area (Å²) in [6.45, 7) is 4.57. The average Bonchev–Trinajstić information content (AvgIpc) is 2.78. The molecule has 1 heterocycles. The van der Waals surface area contributed by atoms with E-state index >= 15 is 0 Å². The van der Waals surface area contributed by atoms with Crippen LogP contribution in [0, 0.1) is 13.8 Å². The molecular weight excluding hydrogens is 244 g/mol. The summed E-state index contributed by atoms with van der Waals surface area (Å²) in [6.07, 6.45) is 0. The molecule has 0 radical (unpaired) electrons. The zero-order chi connectivity index (χ0) is 13.1. The van der Waals surface area contributed by atoms with Crippen LogP contribution in [0.1, 0.15) is 26.6 Å². The molecule has 0 spiro atoms. The number of hydrogen-bond acceptors (Lipinski definition) is 3. The van der Waals surface area contributed by atoms with E-state index in [0.717, 1.165) is 5.01 Å². The molecule has 0 unspecified atom stereocenters. The minimum absolute atomic E-state index is 0.0254. The maximum absolute atomic E-state index is 12.1. The molecule has 3 nitrogen and oxygen atoms in total. The van der Waals surface area contributed by atoms with Crippen molar-refractivity contribution in [2.45, 2.75) is 20.4 Å². The average molecular weight is 260 g/mol. The lowest BCUT2D eigenvalue weighted by Crippen LogP contribution is -2.26. The second kappa shape index (κ2) is 5.31. The van der Waals surface area contributed by atoms with Gasteiger partial charge in [-0.2, -0.15) is 0 Å². The van der Waals surface area contributed by atoms with Crippen LogP contribution in [0.4, 0.5) is 0 Å². The Morgan fingerprint density at radius 1 is 1.33 bits per heavy atom. The Bertz CT molecular complexity index is 562. The van der Waals surface area contributed by atoms with Crippen LogP contribution in [0.2, 0.25) is 0 Å². The number of amides is 1. The Labute approximate surface area is 111 Å². The minimum Gasteiger partial charge on any atom is -0.336 e. The smallest absolute Gasteiger partial charge is 0.273 e. The predicted molar refractivity (Wildman–Crippen MR) is 73.8 cm³/mol. The van der Waals surface area contributed by atoms with E-state index in [0.29, 0.717) is 12.2 Å². The van der Waals surface area contributed by atoms with Crippen LogP contribution in [-0.2, 0) is 6.54 Å². The van der Waals surface area contributed by atoms with Gasteiger partial charge >= 0.3 is 0 Å². The molecule has 1 aromatic heterocycles. The number of aromatic nitrogens is 1. The SMILES string of the molecule is Cc1nc(C(=O)N(C)Cc2ccccc2C)cs1. The van der Waals surface area contributed by atoms with Crippen LogP contribution < -0.4 is 0 Å². The number of benzene rings is 1. The van der Waals surface area contributed by atoms with Gasteiger partial charge in [0.2, 0.25) is 0 Å². The number of nitrogens with zero attached hydrogens (tertiary/aromatic N) is 2. The van der Waals surface area contributed by atoms with Gasteiger partial charge in [-0.05, 0) is 25.0 Å². The topological polar surface area (TPSA) is 33.2 Å². The maximum Gasteiger partial charge on any atom is 0.273 e. The van der Waals surface area contributed by atoms with Crippen molar-refractivity contribution in [2.24, 2.45) is 0 Å². The van der Waals surface area contributed by atoms with E-state index in [1.54, 1.807) is 4.90 Å². The van der Waals surface area contributed by atoms with Crippen molar-refractivity contribution in [1.29, 1.82) is 0 Å². The summed E-state index contributed by atoms with van der Waals surface area (Å²) in [5, 5.41) is 2.73. The van der Waals surface area contributed by atoms with Crippen LogP contribution in [0.15, 0.2) is 29.6 Å². The van der Waals surface area contributed by atoms with Gasteiger partial charge in [-0.25, -0.2) is 4.98 Å². The lowest BCUT2D eigenvalue weighted by atomic mass is 10.1. The monoisotopic (exact) mass is 260 g/mol. The zero-order valence-corrected chi connectivity index (χ0v) is 11.6. The third-order valence-corrected chi connectivity index (χ3v) is 3.63. The summed E-state index contributed by atoms with van der Waals surface area (Å²) in [7, 11) is 1.81. The summed E-state index contributed by atoms with van der Waals surface area (Å²) in [5.41, 5.74) is 2.90. The first-order chi connectivity index (χ1) is 8.58. The Hall–Kier alpha value is -1.68. The fraction of sp³-hybridized carbons (Fsp3) is 0.286. The van der Waals surface area contributed by atoms with Gasteiger partial charge in [-0.15, -0.1) is 11.3 Å². The van der Waals surface area contributed by atoms with Crippen molar-refractivity contribution in [1.82, 2.24) is 9.88 Å². The number of carbonyl (C=O) groups is 1. The van der Waals surface area contributed by atoms with Gasteiger partial charge < -0.3 is 4.90 Å². The van der Waals surface area contributed by atoms with E-state index in [-0.39, 0.29) is 5.91 Å². The normalized spacial score (nSPS) is 10.4. The van der Waals surface area contributed by atoms with Gasteiger partial charge in [-0.3, -0.25) is 4.79 Å². The van der Waals surface area contributed by atoms with Crippen LogP contribution in [0.5, 0.6) is 0 Å². The number of thiazole rings is 1. The first-order valence-corrected chi connectivity index (χ1v) is 6.68. The molecule has 2 rings (SSSR count). The Kier molecular flexibility index (Phi) is 3.77. The summed E-state index contributed by atoms with van der Waals surface area (Å²) in [4.78, 5) is 18.1. The summed E-state index contributed by atoms with van der Waals surface area (Å²) in [5.74, 6) is -0.0254. The third kappa shape index (κ3) is 2.76. The van der Waals surface area contributed by atoms with Gasteiger partial charge in [-0.1, -0.05) is 24.3 Å². The molecule has 0 atom stereocenters. The molecule has 0 aliphatic carbocycles. The minimum atomic E-state index is -0.0254. The molecule has 0 bridgehead atoms. The molecule has 0 aliphatic heterocycles. The Morgan fingerprint density at radius 2 is 2.06 bits per heavy atom. The van der Waals surface area contributed by atoms with Crippen LogP contribution in [-0.4, -0.2) is 22.8 Å². The third-order valence-electron chi connectivity index (χ3n) is 2.85. The van der Waals surface area contributed by atoms with Crippen LogP contribution in [0.3, 0.4) is 0 Å². The Balaban J connectivity index is 2.11. The van der Waals surface area contributed by atoms with E-state index in [1.807, 2.05) is 37.6 Å². The molecule has 1 amide bonds. The summed E-state index contributed by atoms with van der Waals surface area (Å²) in [6, 6.07) is 8.10. The van der Waals surface area contributed by atoms with E-state index in [9.17, 15) is 4.79 Å². The molecule has 0 saturated heterocycles. The highest BCUT2D eigenvalue weighted by molar-refractivity contribution is 7.09. The number of rotatable bonds is 3. The van der Waals surface area contributed by atoms with E-state index < -0.39 is 0 Å². The highest BCUT2D eigenvalue weighted by Gasteiger charge is 2.15. The van der Waals surface area contributed by atoms with E-state index in [1.165, 1.54) is 22.5 Å². The molecular formula is C14H16N2OS. The highest BCUT2D eigenvalue weighted by atomic mass is 32.1. The van der Waals surface area contributed by atoms with E-state index in [2.05, 4.69) is 18.0 Å². The van der Waals surface area contributed by atoms with E-state index in [4.69, 9.17) is 0 Å². The molecule has 4 heteroatoms.